The molecule has 0 N–H and O–H groups in total. The molecule has 29 heavy (non-hydrogen) atoms. The zero-order valence-electron chi connectivity index (χ0n) is 15.7. The first-order chi connectivity index (χ1) is 14.0. The van der Waals surface area contributed by atoms with Gasteiger partial charge in [-0.3, -0.25) is 14.5 Å². The van der Waals surface area contributed by atoms with Crippen molar-refractivity contribution in [1.29, 1.82) is 0 Å². The van der Waals surface area contributed by atoms with Crippen LogP contribution in [0.3, 0.4) is 0 Å². The lowest BCUT2D eigenvalue weighted by molar-refractivity contribution is -0.119. The maximum absolute atomic E-state index is 13.3. The fourth-order valence-electron chi connectivity index (χ4n) is 3.54. The van der Waals surface area contributed by atoms with Crippen LogP contribution in [0.4, 0.5) is 15.8 Å². The number of para-hydroxylation sites is 2. The Bertz CT molecular complexity index is 1080. The minimum atomic E-state index is -0.718. The number of fused-ring (bicyclic) bond motifs is 1. The minimum absolute atomic E-state index is 0.209. The highest BCUT2D eigenvalue weighted by atomic mass is 35.5. The largest absolute Gasteiger partial charge is 0.304 e. The standard InChI is InChI=1S/C23H18ClFN2O2/c1-15-22(28)26(14-17-6-2-3-7-19(17)24)20-8-4-5-9-21(20)27(15)23(29)16-10-12-18(25)13-11-16/h2-13,15H,14H2,1H3. The first kappa shape index (κ1) is 19.2. The number of carbonyl (C=O) groups is 2. The van der Waals surface area contributed by atoms with Crippen LogP contribution in [0.5, 0.6) is 0 Å². The number of hydrogen-bond acceptors (Lipinski definition) is 2. The van der Waals surface area contributed by atoms with Gasteiger partial charge >= 0.3 is 0 Å². The van der Waals surface area contributed by atoms with Crippen molar-refractivity contribution in [2.75, 3.05) is 9.80 Å². The topological polar surface area (TPSA) is 40.6 Å². The monoisotopic (exact) mass is 408 g/mol. The molecule has 4 nitrogen and oxygen atoms in total. The van der Waals surface area contributed by atoms with Gasteiger partial charge < -0.3 is 4.90 Å². The number of rotatable bonds is 3. The molecular weight excluding hydrogens is 391 g/mol. The Labute approximate surface area is 173 Å². The molecule has 1 heterocycles. The Morgan fingerprint density at radius 1 is 0.966 bits per heavy atom. The Kier molecular flexibility index (Phi) is 5.07. The molecule has 0 aromatic heterocycles. The van der Waals surface area contributed by atoms with Gasteiger partial charge in [0, 0.05) is 10.6 Å². The fourth-order valence-corrected chi connectivity index (χ4v) is 3.73. The molecule has 0 saturated heterocycles. The van der Waals surface area contributed by atoms with Crippen LogP contribution in [0, 0.1) is 5.82 Å². The van der Waals surface area contributed by atoms with Gasteiger partial charge in [0.15, 0.2) is 0 Å². The molecule has 1 aliphatic rings. The van der Waals surface area contributed by atoms with E-state index >= 15 is 0 Å². The molecule has 0 radical (unpaired) electrons. The lowest BCUT2D eigenvalue weighted by Crippen LogP contribution is -2.54. The average molecular weight is 409 g/mol. The van der Waals surface area contributed by atoms with Gasteiger partial charge in [-0.15, -0.1) is 0 Å². The molecule has 0 saturated carbocycles. The van der Waals surface area contributed by atoms with Crippen molar-refractivity contribution in [2.45, 2.75) is 19.5 Å². The van der Waals surface area contributed by atoms with Crippen molar-refractivity contribution in [3.05, 3.63) is 94.8 Å². The summed E-state index contributed by atoms with van der Waals surface area (Å²) >= 11 is 6.29. The Hall–Kier alpha value is -3.18. The summed E-state index contributed by atoms with van der Waals surface area (Å²) in [6, 6.07) is 19.2. The van der Waals surface area contributed by atoms with Crippen molar-refractivity contribution < 1.29 is 14.0 Å². The average Bonchev–Trinajstić information content (AvgIpc) is 2.73. The lowest BCUT2D eigenvalue weighted by Gasteiger charge is -2.40. The maximum atomic E-state index is 13.3. The third-order valence-electron chi connectivity index (χ3n) is 5.04. The molecule has 2 amide bonds. The van der Waals surface area contributed by atoms with Crippen LogP contribution in [0.2, 0.25) is 5.02 Å². The van der Waals surface area contributed by atoms with Gasteiger partial charge in [-0.2, -0.15) is 0 Å². The molecular formula is C23H18ClFN2O2. The summed E-state index contributed by atoms with van der Waals surface area (Å²) in [5.41, 5.74) is 2.40. The van der Waals surface area contributed by atoms with Gasteiger partial charge in [0.25, 0.3) is 5.91 Å². The summed E-state index contributed by atoms with van der Waals surface area (Å²) in [7, 11) is 0. The van der Waals surface area contributed by atoms with Crippen LogP contribution in [-0.2, 0) is 11.3 Å². The highest BCUT2D eigenvalue weighted by molar-refractivity contribution is 6.31. The Balaban J connectivity index is 1.75. The van der Waals surface area contributed by atoms with Crippen molar-refractivity contribution in [3.8, 4) is 0 Å². The summed E-state index contributed by atoms with van der Waals surface area (Å²) in [5, 5.41) is 0.579. The first-order valence-electron chi connectivity index (χ1n) is 9.20. The molecule has 3 aromatic rings. The molecule has 0 spiro atoms. The van der Waals surface area contributed by atoms with Gasteiger partial charge in [0.05, 0.1) is 17.9 Å². The van der Waals surface area contributed by atoms with Crippen LogP contribution in [0.1, 0.15) is 22.8 Å². The number of carbonyl (C=O) groups excluding carboxylic acids is 2. The predicted octanol–water partition coefficient (Wildman–Crippen LogP) is 5.06. The van der Waals surface area contributed by atoms with Gasteiger partial charge in [-0.1, -0.05) is 41.9 Å². The summed E-state index contributed by atoms with van der Waals surface area (Å²) in [4.78, 5) is 29.5. The second-order valence-corrected chi connectivity index (χ2v) is 7.27. The highest BCUT2D eigenvalue weighted by Crippen LogP contribution is 2.38. The van der Waals surface area contributed by atoms with Crippen LogP contribution >= 0.6 is 11.6 Å². The zero-order valence-corrected chi connectivity index (χ0v) is 16.4. The van der Waals surface area contributed by atoms with Crippen molar-refractivity contribution in [3.63, 3.8) is 0 Å². The summed E-state index contributed by atoms with van der Waals surface area (Å²) in [5.74, 6) is -0.981. The van der Waals surface area contributed by atoms with E-state index in [1.54, 1.807) is 30.0 Å². The van der Waals surface area contributed by atoms with E-state index in [1.165, 1.54) is 29.2 Å². The van der Waals surface area contributed by atoms with Crippen LogP contribution in [0.25, 0.3) is 0 Å². The second kappa shape index (κ2) is 7.68. The highest BCUT2D eigenvalue weighted by Gasteiger charge is 2.39. The quantitative estimate of drug-likeness (QED) is 0.607. The van der Waals surface area contributed by atoms with E-state index in [9.17, 15) is 14.0 Å². The number of anilines is 2. The van der Waals surface area contributed by atoms with E-state index in [0.717, 1.165) is 5.56 Å². The van der Waals surface area contributed by atoms with E-state index in [1.807, 2.05) is 30.3 Å². The van der Waals surface area contributed by atoms with E-state index in [0.29, 0.717) is 28.5 Å². The van der Waals surface area contributed by atoms with E-state index in [2.05, 4.69) is 0 Å². The number of amides is 2. The molecule has 4 rings (SSSR count). The third-order valence-corrected chi connectivity index (χ3v) is 5.41. The molecule has 146 valence electrons. The number of halogens is 2. The zero-order chi connectivity index (χ0) is 20.5. The van der Waals surface area contributed by atoms with E-state index in [-0.39, 0.29) is 11.8 Å². The molecule has 0 fully saturated rings. The minimum Gasteiger partial charge on any atom is -0.304 e. The second-order valence-electron chi connectivity index (χ2n) is 6.86. The van der Waals surface area contributed by atoms with Crippen molar-refractivity contribution in [1.82, 2.24) is 0 Å². The normalized spacial score (nSPS) is 16.0. The van der Waals surface area contributed by atoms with Crippen molar-refractivity contribution >= 4 is 34.8 Å². The number of nitrogens with zero attached hydrogens (tertiary/aromatic N) is 2. The van der Waals surface area contributed by atoms with Gasteiger partial charge in [0.1, 0.15) is 11.9 Å². The lowest BCUT2D eigenvalue weighted by atomic mass is 10.0. The Morgan fingerprint density at radius 3 is 2.28 bits per heavy atom. The smallest absolute Gasteiger partial charge is 0.259 e. The molecule has 1 aliphatic heterocycles. The van der Waals surface area contributed by atoms with Gasteiger partial charge in [-0.25, -0.2) is 4.39 Å². The van der Waals surface area contributed by atoms with Gasteiger partial charge in [-0.05, 0) is 55.0 Å². The summed E-state index contributed by atoms with van der Waals surface area (Å²) < 4.78 is 13.3. The summed E-state index contributed by atoms with van der Waals surface area (Å²) in [6.07, 6.45) is 0. The van der Waals surface area contributed by atoms with Crippen LogP contribution in [0.15, 0.2) is 72.8 Å². The SMILES string of the molecule is CC1C(=O)N(Cc2ccccc2Cl)c2ccccc2N1C(=O)c1ccc(F)cc1. The molecule has 1 unspecified atom stereocenters. The van der Waals surface area contributed by atoms with Gasteiger partial charge in [0.2, 0.25) is 5.91 Å². The summed E-state index contributed by atoms with van der Waals surface area (Å²) in [6.45, 7) is 2.00. The van der Waals surface area contributed by atoms with Crippen molar-refractivity contribution in [2.24, 2.45) is 0 Å². The van der Waals surface area contributed by atoms with E-state index in [4.69, 9.17) is 11.6 Å². The molecule has 1 atom stereocenters. The third kappa shape index (κ3) is 3.49. The van der Waals surface area contributed by atoms with E-state index < -0.39 is 11.9 Å². The van der Waals surface area contributed by atoms with Crippen LogP contribution in [-0.4, -0.2) is 17.9 Å². The first-order valence-corrected chi connectivity index (χ1v) is 9.58. The number of benzene rings is 3. The number of hydrogen-bond donors (Lipinski definition) is 0. The molecule has 6 heteroatoms. The maximum Gasteiger partial charge on any atom is 0.259 e. The van der Waals surface area contributed by atoms with Crippen LogP contribution < -0.4 is 9.80 Å². The molecule has 0 bridgehead atoms. The molecule has 3 aromatic carbocycles. The predicted molar refractivity (Wildman–Crippen MR) is 112 cm³/mol. The Morgan fingerprint density at radius 2 is 1.59 bits per heavy atom. The molecule has 0 aliphatic carbocycles. The fraction of sp³-hybridized carbons (Fsp3) is 0.130.